The highest BCUT2D eigenvalue weighted by Crippen LogP contribution is 2.27. The van der Waals surface area contributed by atoms with Crippen LogP contribution < -0.4 is 10.6 Å². The second-order valence-electron chi connectivity index (χ2n) is 11.8. The summed E-state index contributed by atoms with van der Waals surface area (Å²) in [4.78, 5) is 43.5. The molecule has 1 saturated heterocycles. The van der Waals surface area contributed by atoms with Crippen LogP contribution >= 0.6 is 0 Å². The van der Waals surface area contributed by atoms with Gasteiger partial charge in [0.1, 0.15) is 23.1 Å². The van der Waals surface area contributed by atoms with Gasteiger partial charge in [-0.25, -0.2) is 19.4 Å². The van der Waals surface area contributed by atoms with Gasteiger partial charge in [0.15, 0.2) is 0 Å². The molecule has 0 radical (unpaired) electrons. The van der Waals surface area contributed by atoms with Crippen LogP contribution in [-0.2, 0) is 31.8 Å². The van der Waals surface area contributed by atoms with Crippen LogP contribution in [0.3, 0.4) is 0 Å². The van der Waals surface area contributed by atoms with Gasteiger partial charge in [-0.05, 0) is 78.4 Å². The van der Waals surface area contributed by atoms with Crippen LogP contribution in [-0.4, -0.2) is 71.5 Å². The van der Waals surface area contributed by atoms with E-state index in [4.69, 9.17) is 19.2 Å². The Balaban J connectivity index is 1.35. The van der Waals surface area contributed by atoms with Gasteiger partial charge in [-0.15, -0.1) is 0 Å². The molecule has 1 fully saturated rings. The van der Waals surface area contributed by atoms with Crippen molar-refractivity contribution in [3.63, 3.8) is 0 Å². The number of aryl methyl sites for hydroxylation is 2. The average molecular weight is 547 g/mol. The summed E-state index contributed by atoms with van der Waals surface area (Å²) in [6.45, 7) is 10.6. The van der Waals surface area contributed by atoms with Crippen LogP contribution in [0.5, 0.6) is 0 Å². The summed E-state index contributed by atoms with van der Waals surface area (Å²) >= 11 is 0. The largest absolute Gasteiger partial charge is 0.464 e. The first-order chi connectivity index (χ1) is 18.5. The first kappa shape index (κ1) is 30.5. The maximum Gasteiger partial charge on any atom is 0.410 e. The summed E-state index contributed by atoms with van der Waals surface area (Å²) < 4.78 is 16.1. The van der Waals surface area contributed by atoms with Gasteiger partial charge in [0.25, 0.3) is 0 Å². The van der Waals surface area contributed by atoms with Crippen LogP contribution in [0.2, 0.25) is 0 Å². The van der Waals surface area contributed by atoms with Crippen LogP contribution in [0, 0.1) is 0 Å². The molecule has 39 heavy (non-hydrogen) atoms. The van der Waals surface area contributed by atoms with E-state index < -0.39 is 35.4 Å². The summed E-state index contributed by atoms with van der Waals surface area (Å²) in [6, 6.07) is 3.56. The van der Waals surface area contributed by atoms with E-state index in [1.165, 1.54) is 10.5 Å². The van der Waals surface area contributed by atoms with Crippen molar-refractivity contribution in [2.75, 3.05) is 31.6 Å². The fourth-order valence-electron chi connectivity index (χ4n) is 4.86. The number of fused-ring (bicyclic) bond motifs is 1. The van der Waals surface area contributed by atoms with Gasteiger partial charge < -0.3 is 29.7 Å². The van der Waals surface area contributed by atoms with Crippen molar-refractivity contribution < 1.29 is 28.6 Å². The molecule has 1 aromatic heterocycles. The number of nitrogens with zero attached hydrogens (tertiary/aromatic N) is 2. The Morgan fingerprint density at radius 1 is 1.13 bits per heavy atom. The number of unbranched alkanes of at least 4 members (excludes halogenated alkanes) is 4. The Bertz CT molecular complexity index is 986. The number of nitrogens with one attached hydrogen (secondary N) is 2. The van der Waals surface area contributed by atoms with Crippen molar-refractivity contribution in [3.05, 3.63) is 23.4 Å². The molecule has 1 aromatic rings. The first-order valence-corrected chi connectivity index (χ1v) is 14.3. The van der Waals surface area contributed by atoms with E-state index in [-0.39, 0.29) is 19.7 Å². The SMILES string of the molecule is CCOC(=O)C(CCCCCCCc1ccc2c(n1)NCCC2)NC(=O)OC1(C)CN(C(=O)OC(C)(C)C)C1. The molecule has 0 saturated carbocycles. The minimum Gasteiger partial charge on any atom is -0.464 e. The highest BCUT2D eigenvalue weighted by atomic mass is 16.6. The smallest absolute Gasteiger partial charge is 0.410 e. The maximum absolute atomic E-state index is 12.6. The Hall–Kier alpha value is -3.04. The molecule has 10 heteroatoms. The molecule has 1 unspecified atom stereocenters. The number of amides is 2. The third-order valence-corrected chi connectivity index (χ3v) is 6.78. The average Bonchev–Trinajstić information content (AvgIpc) is 2.84. The highest BCUT2D eigenvalue weighted by molar-refractivity contribution is 5.81. The van der Waals surface area contributed by atoms with Crippen LogP contribution in [0.15, 0.2) is 12.1 Å². The van der Waals surface area contributed by atoms with Crippen LogP contribution in [0.4, 0.5) is 15.4 Å². The number of likely N-dealkylation sites (tertiary alicyclic amines) is 1. The molecule has 10 nitrogen and oxygen atoms in total. The van der Waals surface area contributed by atoms with Crippen LogP contribution in [0.1, 0.15) is 90.8 Å². The Morgan fingerprint density at radius 2 is 1.85 bits per heavy atom. The van der Waals surface area contributed by atoms with E-state index in [1.54, 1.807) is 34.6 Å². The zero-order valence-corrected chi connectivity index (χ0v) is 24.3. The molecule has 2 aliphatic rings. The van der Waals surface area contributed by atoms with E-state index in [1.807, 2.05) is 0 Å². The van der Waals surface area contributed by atoms with Crippen molar-refractivity contribution in [1.82, 2.24) is 15.2 Å². The van der Waals surface area contributed by atoms with Gasteiger partial charge in [0, 0.05) is 12.2 Å². The molecule has 218 valence electrons. The molecule has 0 bridgehead atoms. The zero-order valence-electron chi connectivity index (χ0n) is 24.3. The number of esters is 1. The van der Waals surface area contributed by atoms with Gasteiger partial charge in [-0.3, -0.25) is 0 Å². The highest BCUT2D eigenvalue weighted by Gasteiger charge is 2.46. The second-order valence-corrected chi connectivity index (χ2v) is 11.8. The van der Waals surface area contributed by atoms with Crippen molar-refractivity contribution in [2.45, 2.75) is 110 Å². The van der Waals surface area contributed by atoms with E-state index in [2.05, 4.69) is 22.8 Å². The molecular formula is C29H46N4O6. The third kappa shape index (κ3) is 9.89. The number of anilines is 1. The van der Waals surface area contributed by atoms with Crippen LogP contribution in [0.25, 0.3) is 0 Å². The Morgan fingerprint density at radius 3 is 2.56 bits per heavy atom. The lowest BCUT2D eigenvalue weighted by Gasteiger charge is -2.46. The summed E-state index contributed by atoms with van der Waals surface area (Å²) in [5.74, 6) is 0.581. The summed E-state index contributed by atoms with van der Waals surface area (Å²) in [5.41, 5.74) is 1.01. The van der Waals surface area contributed by atoms with Crippen molar-refractivity contribution >= 4 is 24.0 Å². The predicted molar refractivity (Wildman–Crippen MR) is 149 cm³/mol. The van der Waals surface area contributed by atoms with Gasteiger partial charge >= 0.3 is 18.2 Å². The van der Waals surface area contributed by atoms with Gasteiger partial charge in [0.2, 0.25) is 0 Å². The number of hydrogen-bond donors (Lipinski definition) is 2. The minimum atomic E-state index is -0.830. The van der Waals surface area contributed by atoms with Crippen molar-refractivity contribution in [1.29, 1.82) is 0 Å². The molecule has 2 aliphatic heterocycles. The summed E-state index contributed by atoms with van der Waals surface area (Å²) in [5, 5.41) is 6.06. The minimum absolute atomic E-state index is 0.233. The third-order valence-electron chi connectivity index (χ3n) is 6.78. The molecule has 1 atom stereocenters. The van der Waals surface area contributed by atoms with Crippen molar-refractivity contribution in [2.24, 2.45) is 0 Å². The quantitative estimate of drug-likeness (QED) is 0.214. The van der Waals surface area contributed by atoms with Crippen molar-refractivity contribution in [3.8, 4) is 0 Å². The Labute approximate surface area is 232 Å². The molecule has 3 heterocycles. The first-order valence-electron chi connectivity index (χ1n) is 14.3. The standard InChI is InChI=1S/C29H46N4O6/c1-6-37-25(34)23(32-26(35)38-29(5)19-33(20-29)27(36)39-28(2,3)4)15-11-9-7-8-10-14-22-17-16-21-13-12-18-30-24(21)31-22/h16-17,23H,6-15,18-20H2,1-5H3,(H,30,31)(H,32,35). The second kappa shape index (κ2) is 13.8. The number of carbonyl (C=O) groups is 3. The number of ether oxygens (including phenoxy) is 3. The van der Waals surface area contributed by atoms with E-state index >= 15 is 0 Å². The molecule has 2 N–H and O–H groups in total. The zero-order chi connectivity index (χ0) is 28.5. The number of alkyl carbamates (subject to hydrolysis) is 1. The predicted octanol–water partition coefficient (Wildman–Crippen LogP) is 4.99. The fraction of sp³-hybridized carbons (Fsp3) is 0.724. The number of hydrogen-bond acceptors (Lipinski definition) is 8. The number of pyridine rings is 1. The molecular weight excluding hydrogens is 500 g/mol. The van der Waals surface area contributed by atoms with E-state index in [0.717, 1.165) is 69.4 Å². The fourth-order valence-corrected chi connectivity index (χ4v) is 4.86. The maximum atomic E-state index is 12.6. The number of aromatic nitrogens is 1. The monoisotopic (exact) mass is 546 g/mol. The van der Waals surface area contributed by atoms with Gasteiger partial charge in [-0.1, -0.05) is 31.7 Å². The molecule has 0 spiro atoms. The lowest BCUT2D eigenvalue weighted by atomic mass is 9.97. The number of carbonyl (C=O) groups excluding carboxylic acids is 3. The summed E-state index contributed by atoms with van der Waals surface area (Å²) in [7, 11) is 0. The topological polar surface area (TPSA) is 119 Å². The van der Waals surface area contributed by atoms with E-state index in [9.17, 15) is 14.4 Å². The molecule has 2 amide bonds. The Kier molecular flexibility index (Phi) is 10.8. The van der Waals surface area contributed by atoms with Gasteiger partial charge in [-0.2, -0.15) is 0 Å². The molecule has 0 aromatic carbocycles. The van der Waals surface area contributed by atoms with Gasteiger partial charge in [0.05, 0.1) is 19.7 Å². The molecule has 3 rings (SSSR count). The lowest BCUT2D eigenvalue weighted by molar-refractivity contribution is -0.146. The molecule has 0 aliphatic carbocycles. The summed E-state index contributed by atoms with van der Waals surface area (Å²) in [6.07, 6.45) is 7.50. The van der Waals surface area contributed by atoms with E-state index in [0.29, 0.717) is 6.42 Å². The lowest BCUT2D eigenvalue weighted by Crippen LogP contribution is -2.65. The number of rotatable bonds is 12. The normalized spacial score (nSPS) is 16.7.